The molecule has 0 aliphatic heterocycles. The zero-order valence-corrected chi connectivity index (χ0v) is 9.21. The minimum absolute atomic E-state index is 0.357. The number of methoxy groups -OCH3 is 1. The Morgan fingerprint density at radius 3 is 2.71 bits per heavy atom. The fourth-order valence-electron chi connectivity index (χ4n) is 1.40. The molecule has 14 heavy (non-hydrogen) atoms. The summed E-state index contributed by atoms with van der Waals surface area (Å²) in [5.41, 5.74) is 2.13. The highest BCUT2D eigenvalue weighted by Gasteiger charge is 2.06. The molecule has 3 heteroatoms. The Labute approximate surface area is 89.5 Å². The van der Waals surface area contributed by atoms with Gasteiger partial charge < -0.3 is 9.84 Å². The summed E-state index contributed by atoms with van der Waals surface area (Å²) >= 11 is 5.88. The van der Waals surface area contributed by atoms with Crippen LogP contribution in [0, 0.1) is 0 Å². The maximum Gasteiger partial charge on any atom is 0.0715 e. The molecule has 1 unspecified atom stereocenters. The number of hydrogen-bond acceptors (Lipinski definition) is 2. The average Bonchev–Trinajstić information content (AvgIpc) is 2.09. The van der Waals surface area contributed by atoms with E-state index in [0.29, 0.717) is 18.1 Å². The summed E-state index contributed by atoms with van der Waals surface area (Å²) in [6.07, 6.45) is 0.253. The molecule has 1 rings (SSSR count). The Balaban J connectivity index is 2.90. The van der Waals surface area contributed by atoms with Crippen molar-refractivity contribution in [3.8, 4) is 0 Å². The second kappa shape index (κ2) is 5.35. The normalized spacial score (nSPS) is 12.9. The number of aliphatic hydroxyl groups is 1. The predicted octanol–water partition coefficient (Wildman–Crippen LogP) is 2.41. The van der Waals surface area contributed by atoms with Crippen LogP contribution in [0.15, 0.2) is 18.2 Å². The van der Waals surface area contributed by atoms with Crippen LogP contribution in [0.4, 0.5) is 0 Å². The fourth-order valence-corrected chi connectivity index (χ4v) is 1.59. The van der Waals surface area contributed by atoms with E-state index in [9.17, 15) is 5.11 Å². The molecule has 78 valence electrons. The summed E-state index contributed by atoms with van der Waals surface area (Å²) in [5.74, 6) is 0. The Bertz CT molecular complexity index is 297. The van der Waals surface area contributed by atoms with E-state index < -0.39 is 0 Å². The van der Waals surface area contributed by atoms with Crippen molar-refractivity contribution in [3.63, 3.8) is 0 Å². The van der Waals surface area contributed by atoms with Crippen LogP contribution in [0.25, 0.3) is 0 Å². The van der Waals surface area contributed by atoms with Gasteiger partial charge in [-0.15, -0.1) is 0 Å². The third-order valence-electron chi connectivity index (χ3n) is 1.98. The molecule has 2 nitrogen and oxygen atoms in total. The number of benzene rings is 1. The largest absolute Gasteiger partial charge is 0.393 e. The van der Waals surface area contributed by atoms with Crippen LogP contribution in [0.5, 0.6) is 0 Å². The van der Waals surface area contributed by atoms with E-state index in [-0.39, 0.29) is 6.10 Å². The van der Waals surface area contributed by atoms with Gasteiger partial charge in [0, 0.05) is 12.1 Å². The highest BCUT2D eigenvalue weighted by Crippen LogP contribution is 2.18. The molecular formula is C11H15ClO2. The first-order valence-electron chi connectivity index (χ1n) is 4.57. The molecule has 0 aliphatic rings. The van der Waals surface area contributed by atoms with Gasteiger partial charge in [-0.3, -0.25) is 0 Å². The molecule has 0 saturated heterocycles. The minimum Gasteiger partial charge on any atom is -0.393 e. The molecule has 0 aliphatic carbocycles. The maximum absolute atomic E-state index is 9.31. The molecule has 0 aromatic heterocycles. The Morgan fingerprint density at radius 1 is 1.43 bits per heavy atom. The van der Waals surface area contributed by atoms with Crippen molar-refractivity contribution in [2.45, 2.75) is 26.1 Å². The predicted molar refractivity (Wildman–Crippen MR) is 57.5 cm³/mol. The molecule has 1 aromatic rings. The summed E-state index contributed by atoms with van der Waals surface area (Å²) in [5, 5.41) is 10.0. The van der Waals surface area contributed by atoms with Gasteiger partial charge in [-0.2, -0.15) is 0 Å². The first-order chi connectivity index (χ1) is 6.63. The monoisotopic (exact) mass is 214 g/mol. The van der Waals surface area contributed by atoms with Crippen LogP contribution in [0.3, 0.4) is 0 Å². The van der Waals surface area contributed by atoms with E-state index in [4.69, 9.17) is 16.3 Å². The minimum atomic E-state index is -0.357. The number of rotatable bonds is 4. The topological polar surface area (TPSA) is 29.5 Å². The molecule has 1 aromatic carbocycles. The van der Waals surface area contributed by atoms with Gasteiger partial charge in [-0.05, 0) is 36.6 Å². The van der Waals surface area contributed by atoms with Crippen LogP contribution in [0.2, 0.25) is 5.02 Å². The lowest BCUT2D eigenvalue weighted by atomic mass is 10.0. The van der Waals surface area contributed by atoms with Gasteiger partial charge in [0.2, 0.25) is 0 Å². The molecule has 0 radical (unpaired) electrons. The summed E-state index contributed by atoms with van der Waals surface area (Å²) in [4.78, 5) is 0. The number of halogens is 1. The summed E-state index contributed by atoms with van der Waals surface area (Å²) < 4.78 is 5.07. The van der Waals surface area contributed by atoms with Gasteiger partial charge >= 0.3 is 0 Å². The molecule has 0 bridgehead atoms. The molecule has 0 heterocycles. The Hall–Kier alpha value is -0.570. The van der Waals surface area contributed by atoms with E-state index in [2.05, 4.69) is 0 Å². The molecule has 0 saturated carbocycles. The van der Waals surface area contributed by atoms with Crippen molar-refractivity contribution < 1.29 is 9.84 Å². The van der Waals surface area contributed by atoms with Crippen LogP contribution in [-0.2, 0) is 17.8 Å². The Kier molecular flexibility index (Phi) is 4.39. The highest BCUT2D eigenvalue weighted by atomic mass is 35.5. The quantitative estimate of drug-likeness (QED) is 0.834. The Morgan fingerprint density at radius 2 is 2.14 bits per heavy atom. The molecule has 0 amide bonds. The van der Waals surface area contributed by atoms with Crippen molar-refractivity contribution in [1.82, 2.24) is 0 Å². The van der Waals surface area contributed by atoms with Crippen LogP contribution < -0.4 is 0 Å². The fraction of sp³-hybridized carbons (Fsp3) is 0.455. The van der Waals surface area contributed by atoms with E-state index in [1.54, 1.807) is 14.0 Å². The lowest BCUT2D eigenvalue weighted by Crippen LogP contribution is -2.07. The van der Waals surface area contributed by atoms with E-state index in [1.807, 2.05) is 18.2 Å². The van der Waals surface area contributed by atoms with Crippen molar-refractivity contribution in [1.29, 1.82) is 0 Å². The summed E-state index contributed by atoms with van der Waals surface area (Å²) in [7, 11) is 1.65. The molecule has 0 fully saturated rings. The van der Waals surface area contributed by atoms with E-state index in [1.165, 1.54) is 0 Å². The van der Waals surface area contributed by atoms with Gasteiger partial charge in [0.25, 0.3) is 0 Å². The molecule has 0 spiro atoms. The van der Waals surface area contributed by atoms with E-state index >= 15 is 0 Å². The van der Waals surface area contributed by atoms with Crippen molar-refractivity contribution in [2.75, 3.05) is 7.11 Å². The van der Waals surface area contributed by atoms with Crippen molar-refractivity contribution >= 4 is 11.6 Å². The molecule has 1 N–H and O–H groups in total. The number of ether oxygens (including phenoxy) is 1. The average molecular weight is 215 g/mol. The molecular weight excluding hydrogens is 200 g/mol. The maximum atomic E-state index is 9.31. The third-order valence-corrected chi connectivity index (χ3v) is 2.22. The number of aliphatic hydroxyl groups excluding tert-OH is 1. The second-order valence-electron chi connectivity index (χ2n) is 3.40. The summed E-state index contributed by atoms with van der Waals surface area (Å²) in [6, 6.07) is 5.65. The third kappa shape index (κ3) is 3.29. The van der Waals surface area contributed by atoms with Crippen LogP contribution >= 0.6 is 11.6 Å². The highest BCUT2D eigenvalue weighted by molar-refractivity contribution is 6.30. The first kappa shape index (κ1) is 11.5. The second-order valence-corrected chi connectivity index (χ2v) is 3.84. The standard InChI is InChI=1S/C11H15ClO2/c1-8(13)5-10-6-11(12)4-3-9(10)7-14-2/h3-4,6,8,13H,5,7H2,1-2H3. The first-order valence-corrected chi connectivity index (χ1v) is 4.95. The summed E-state index contributed by atoms with van der Waals surface area (Å²) in [6.45, 7) is 2.32. The molecule has 1 atom stereocenters. The SMILES string of the molecule is COCc1ccc(Cl)cc1CC(C)O. The van der Waals surface area contributed by atoms with E-state index in [0.717, 1.165) is 11.1 Å². The van der Waals surface area contributed by atoms with Gasteiger partial charge in [0.15, 0.2) is 0 Å². The zero-order chi connectivity index (χ0) is 10.6. The zero-order valence-electron chi connectivity index (χ0n) is 8.46. The lowest BCUT2D eigenvalue weighted by molar-refractivity contribution is 0.178. The van der Waals surface area contributed by atoms with Crippen LogP contribution in [0.1, 0.15) is 18.1 Å². The van der Waals surface area contributed by atoms with Crippen molar-refractivity contribution in [3.05, 3.63) is 34.3 Å². The van der Waals surface area contributed by atoms with Crippen molar-refractivity contribution in [2.24, 2.45) is 0 Å². The van der Waals surface area contributed by atoms with Gasteiger partial charge in [0.05, 0.1) is 12.7 Å². The van der Waals surface area contributed by atoms with Gasteiger partial charge in [-0.25, -0.2) is 0 Å². The van der Waals surface area contributed by atoms with Crippen LogP contribution in [-0.4, -0.2) is 18.3 Å². The lowest BCUT2D eigenvalue weighted by Gasteiger charge is -2.10. The van der Waals surface area contributed by atoms with Gasteiger partial charge in [0.1, 0.15) is 0 Å². The number of hydrogen-bond donors (Lipinski definition) is 1. The smallest absolute Gasteiger partial charge is 0.0715 e. The van der Waals surface area contributed by atoms with Gasteiger partial charge in [-0.1, -0.05) is 17.7 Å².